The average molecular weight is 245 g/mol. The highest BCUT2D eigenvalue weighted by Gasteiger charge is 2.03. The molecule has 2 aromatic rings. The summed E-state index contributed by atoms with van der Waals surface area (Å²) in [4.78, 5) is 3.93. The number of rotatable bonds is 7. The second-order valence-electron chi connectivity index (χ2n) is 3.66. The summed E-state index contributed by atoms with van der Waals surface area (Å²) in [6.45, 7) is 5.38. The molecule has 0 saturated carbocycles. The van der Waals surface area contributed by atoms with E-state index in [9.17, 15) is 0 Å². The molecule has 2 rings (SSSR count). The molecular weight excluding hydrogens is 230 g/mol. The van der Waals surface area contributed by atoms with Gasteiger partial charge in [-0.05, 0) is 6.07 Å². The maximum absolute atomic E-state index is 5.57. The third-order valence-electron chi connectivity index (χ3n) is 2.33. The van der Waals surface area contributed by atoms with Crippen molar-refractivity contribution in [1.29, 1.82) is 0 Å². The maximum atomic E-state index is 5.57. The lowest BCUT2D eigenvalue weighted by molar-refractivity contribution is 0.357. The van der Waals surface area contributed by atoms with Crippen LogP contribution in [0.3, 0.4) is 0 Å². The monoisotopic (exact) mass is 245 g/mol. The molecule has 1 heterocycles. The van der Waals surface area contributed by atoms with E-state index < -0.39 is 0 Å². The Bertz CT molecular complexity index is 483. The van der Waals surface area contributed by atoms with E-state index in [0.717, 1.165) is 11.3 Å². The van der Waals surface area contributed by atoms with Crippen LogP contribution in [-0.4, -0.2) is 16.7 Å². The molecule has 5 nitrogen and oxygen atoms in total. The Morgan fingerprint density at radius 3 is 3.00 bits per heavy atom. The maximum Gasteiger partial charge on any atom is 0.213 e. The minimum atomic E-state index is 0.502. The normalized spacial score (nSPS) is 10.2. The first-order valence-corrected chi connectivity index (χ1v) is 5.67. The van der Waals surface area contributed by atoms with Gasteiger partial charge in [-0.15, -0.1) is 0 Å². The van der Waals surface area contributed by atoms with Crippen LogP contribution in [0.1, 0.15) is 11.4 Å². The van der Waals surface area contributed by atoms with Crippen LogP contribution in [0.2, 0.25) is 0 Å². The molecule has 18 heavy (non-hydrogen) atoms. The van der Waals surface area contributed by atoms with Gasteiger partial charge >= 0.3 is 0 Å². The molecule has 0 unspecified atom stereocenters. The zero-order valence-electron chi connectivity index (χ0n) is 10.0. The Balaban J connectivity index is 1.89. The van der Waals surface area contributed by atoms with Crippen molar-refractivity contribution in [2.45, 2.75) is 13.1 Å². The van der Waals surface area contributed by atoms with E-state index in [-0.39, 0.29) is 0 Å². The van der Waals surface area contributed by atoms with Crippen LogP contribution in [-0.2, 0) is 13.1 Å². The predicted molar refractivity (Wildman–Crippen MR) is 67.0 cm³/mol. The highest BCUT2D eigenvalue weighted by atomic mass is 16.5. The Morgan fingerprint density at radius 1 is 1.33 bits per heavy atom. The number of hydrogen-bond acceptors (Lipinski definition) is 5. The van der Waals surface area contributed by atoms with Gasteiger partial charge in [0.15, 0.2) is 5.82 Å². The van der Waals surface area contributed by atoms with Gasteiger partial charge in [-0.1, -0.05) is 36.0 Å². The molecule has 0 saturated heterocycles. The fraction of sp³-hybridized carbons (Fsp3) is 0.231. The van der Waals surface area contributed by atoms with Crippen LogP contribution in [0.4, 0.5) is 0 Å². The van der Waals surface area contributed by atoms with Crippen molar-refractivity contribution in [2.24, 2.45) is 0 Å². The lowest BCUT2D eigenvalue weighted by Gasteiger charge is -2.10. The number of para-hydroxylation sites is 1. The van der Waals surface area contributed by atoms with Gasteiger partial charge in [-0.2, -0.15) is 4.98 Å². The van der Waals surface area contributed by atoms with Gasteiger partial charge in [0.05, 0.1) is 6.54 Å². The highest BCUT2D eigenvalue weighted by Crippen LogP contribution is 2.17. The molecule has 94 valence electrons. The zero-order valence-corrected chi connectivity index (χ0v) is 10.0. The molecule has 1 aromatic carbocycles. The number of benzene rings is 1. The molecule has 0 spiro atoms. The van der Waals surface area contributed by atoms with E-state index in [2.05, 4.69) is 26.6 Å². The SMILES string of the molecule is C=CCOc1ccccc1CNCc1ncon1. The minimum absolute atomic E-state index is 0.502. The van der Waals surface area contributed by atoms with Gasteiger partial charge in [0.25, 0.3) is 0 Å². The average Bonchev–Trinajstić information content (AvgIpc) is 2.91. The first-order valence-electron chi connectivity index (χ1n) is 5.67. The Morgan fingerprint density at radius 2 is 2.22 bits per heavy atom. The van der Waals surface area contributed by atoms with E-state index in [1.54, 1.807) is 6.08 Å². The summed E-state index contributed by atoms with van der Waals surface area (Å²) in [6, 6.07) is 7.88. The standard InChI is InChI=1S/C13H15N3O2/c1-2-7-17-12-6-4-3-5-11(12)8-14-9-13-15-10-18-16-13/h2-6,10,14H,1,7-9H2. The molecule has 0 radical (unpaired) electrons. The van der Waals surface area contributed by atoms with Gasteiger partial charge < -0.3 is 14.6 Å². The summed E-state index contributed by atoms with van der Waals surface area (Å²) < 4.78 is 10.2. The van der Waals surface area contributed by atoms with E-state index in [1.165, 1.54) is 6.39 Å². The lowest BCUT2D eigenvalue weighted by Crippen LogP contribution is -2.14. The van der Waals surface area contributed by atoms with Crippen molar-refractivity contribution in [3.8, 4) is 5.75 Å². The molecule has 0 aliphatic carbocycles. The summed E-state index contributed by atoms with van der Waals surface area (Å²) in [5, 5.41) is 6.96. The van der Waals surface area contributed by atoms with Crippen LogP contribution in [0.5, 0.6) is 5.75 Å². The molecule has 0 aliphatic heterocycles. The van der Waals surface area contributed by atoms with Crippen molar-refractivity contribution in [1.82, 2.24) is 15.5 Å². The van der Waals surface area contributed by atoms with Crippen LogP contribution in [0, 0.1) is 0 Å². The second-order valence-corrected chi connectivity index (χ2v) is 3.66. The molecule has 0 aliphatic rings. The first kappa shape index (κ1) is 12.3. The number of nitrogens with one attached hydrogen (secondary N) is 1. The van der Waals surface area contributed by atoms with Crippen LogP contribution in [0.15, 0.2) is 47.8 Å². The van der Waals surface area contributed by atoms with Crippen molar-refractivity contribution in [2.75, 3.05) is 6.61 Å². The third-order valence-corrected chi connectivity index (χ3v) is 2.33. The van der Waals surface area contributed by atoms with Crippen molar-refractivity contribution in [3.63, 3.8) is 0 Å². The molecule has 0 atom stereocenters. The fourth-order valence-electron chi connectivity index (χ4n) is 1.52. The van der Waals surface area contributed by atoms with Gasteiger partial charge in [-0.25, -0.2) is 0 Å². The second kappa shape index (κ2) is 6.56. The smallest absolute Gasteiger partial charge is 0.213 e. The van der Waals surface area contributed by atoms with Crippen molar-refractivity contribution in [3.05, 3.63) is 54.7 Å². The van der Waals surface area contributed by atoms with E-state index in [1.807, 2.05) is 24.3 Å². The summed E-state index contributed by atoms with van der Waals surface area (Å²) >= 11 is 0. The van der Waals surface area contributed by atoms with Crippen molar-refractivity contribution < 1.29 is 9.26 Å². The van der Waals surface area contributed by atoms with Gasteiger partial charge in [0.1, 0.15) is 12.4 Å². The third kappa shape index (κ3) is 3.43. The summed E-state index contributed by atoms with van der Waals surface area (Å²) in [7, 11) is 0. The van der Waals surface area contributed by atoms with Gasteiger partial charge in [0, 0.05) is 12.1 Å². The summed E-state index contributed by atoms with van der Waals surface area (Å²) in [6.07, 6.45) is 3.04. The number of ether oxygens (including phenoxy) is 1. The van der Waals surface area contributed by atoms with Gasteiger partial charge in [-0.3, -0.25) is 0 Å². The molecule has 0 amide bonds. The quantitative estimate of drug-likeness (QED) is 0.755. The lowest BCUT2D eigenvalue weighted by atomic mass is 10.2. The minimum Gasteiger partial charge on any atom is -0.489 e. The first-order chi connectivity index (χ1) is 8.90. The number of aromatic nitrogens is 2. The summed E-state index contributed by atoms with van der Waals surface area (Å²) in [5.41, 5.74) is 1.09. The topological polar surface area (TPSA) is 60.2 Å². The Kier molecular flexibility index (Phi) is 4.49. The van der Waals surface area contributed by atoms with E-state index in [0.29, 0.717) is 25.5 Å². The van der Waals surface area contributed by atoms with E-state index >= 15 is 0 Å². The molecule has 1 aromatic heterocycles. The van der Waals surface area contributed by atoms with Crippen molar-refractivity contribution >= 4 is 0 Å². The molecule has 0 fully saturated rings. The largest absolute Gasteiger partial charge is 0.489 e. The molecular formula is C13H15N3O2. The molecule has 5 heteroatoms. The number of hydrogen-bond donors (Lipinski definition) is 1. The van der Waals surface area contributed by atoms with Crippen LogP contribution < -0.4 is 10.1 Å². The van der Waals surface area contributed by atoms with E-state index in [4.69, 9.17) is 4.74 Å². The van der Waals surface area contributed by atoms with Crippen LogP contribution in [0.25, 0.3) is 0 Å². The Labute approximate surface area is 105 Å². The fourth-order valence-corrected chi connectivity index (χ4v) is 1.52. The zero-order chi connectivity index (χ0) is 12.6. The summed E-state index contributed by atoms with van der Waals surface area (Å²) in [5.74, 6) is 1.50. The molecule has 0 bridgehead atoms. The number of nitrogens with zero attached hydrogens (tertiary/aromatic N) is 2. The highest BCUT2D eigenvalue weighted by molar-refractivity contribution is 5.33. The predicted octanol–water partition coefficient (Wildman–Crippen LogP) is 1.92. The van der Waals surface area contributed by atoms with Crippen LogP contribution >= 0.6 is 0 Å². The Hall–Kier alpha value is -2.14. The molecule has 1 N–H and O–H groups in total. The van der Waals surface area contributed by atoms with Gasteiger partial charge in [0.2, 0.25) is 6.39 Å².